The van der Waals surface area contributed by atoms with Crippen LogP contribution in [0.1, 0.15) is 38.3 Å². The molecule has 7 heteroatoms. The zero-order chi connectivity index (χ0) is 25.4. The van der Waals surface area contributed by atoms with Crippen molar-refractivity contribution < 1.29 is 18.7 Å². The van der Waals surface area contributed by atoms with E-state index in [1.54, 1.807) is 12.0 Å². The summed E-state index contributed by atoms with van der Waals surface area (Å²) in [6, 6.07) is 19.3. The van der Waals surface area contributed by atoms with E-state index in [2.05, 4.69) is 24.5 Å². The summed E-state index contributed by atoms with van der Waals surface area (Å²) >= 11 is 0. The van der Waals surface area contributed by atoms with Crippen molar-refractivity contribution in [1.82, 2.24) is 0 Å². The lowest BCUT2D eigenvalue weighted by Gasteiger charge is -2.37. The number of hydrogen-bond acceptors (Lipinski definition) is 4. The second kappa shape index (κ2) is 9.15. The van der Waals surface area contributed by atoms with Crippen LogP contribution in [-0.4, -0.2) is 18.9 Å². The summed E-state index contributed by atoms with van der Waals surface area (Å²) < 4.78 is 19.2. The Hall–Kier alpha value is -4.13. The first-order chi connectivity index (χ1) is 17.3. The minimum Gasteiger partial charge on any atom is -0.496 e. The van der Waals surface area contributed by atoms with E-state index in [0.717, 1.165) is 11.4 Å². The van der Waals surface area contributed by atoms with Crippen LogP contribution in [0.25, 0.3) is 0 Å². The summed E-state index contributed by atoms with van der Waals surface area (Å²) in [4.78, 5) is 29.3. The van der Waals surface area contributed by atoms with Crippen LogP contribution in [0.2, 0.25) is 0 Å². The van der Waals surface area contributed by atoms with E-state index in [0.29, 0.717) is 41.1 Å². The average molecular weight is 486 g/mol. The summed E-state index contributed by atoms with van der Waals surface area (Å²) in [6.07, 6.45) is 1.02. The van der Waals surface area contributed by atoms with Gasteiger partial charge in [-0.3, -0.25) is 9.69 Å². The number of nitrogens with one attached hydrogen (secondary N) is 2. The van der Waals surface area contributed by atoms with Gasteiger partial charge in [0.25, 0.3) is 0 Å². The molecular formula is C29H28FN3O3. The normalized spacial score (nSPS) is 18.5. The van der Waals surface area contributed by atoms with E-state index >= 15 is 0 Å². The van der Waals surface area contributed by atoms with Crippen LogP contribution < -0.4 is 20.3 Å². The highest BCUT2D eigenvalue weighted by Gasteiger charge is 2.44. The van der Waals surface area contributed by atoms with Gasteiger partial charge < -0.3 is 15.4 Å². The van der Waals surface area contributed by atoms with Crippen LogP contribution in [0, 0.1) is 11.2 Å². The van der Waals surface area contributed by atoms with Crippen molar-refractivity contribution in [3.8, 4) is 5.75 Å². The molecule has 1 aliphatic heterocycles. The number of amides is 2. The van der Waals surface area contributed by atoms with Crippen molar-refractivity contribution in [2.45, 2.75) is 32.7 Å². The smallest absolute Gasteiger partial charge is 0.327 e. The summed E-state index contributed by atoms with van der Waals surface area (Å²) in [7, 11) is 1.58. The van der Waals surface area contributed by atoms with E-state index in [4.69, 9.17) is 4.74 Å². The van der Waals surface area contributed by atoms with Crippen molar-refractivity contribution in [3.63, 3.8) is 0 Å². The third kappa shape index (κ3) is 4.33. The Morgan fingerprint density at radius 3 is 2.47 bits per heavy atom. The standard InChI is InChI=1S/C29H28FN3O3/c1-29(2)16-22-26(24(34)17-29)27(20-8-4-7-11-25(20)36-3)33(23-10-6-5-9-21(23)32-22)28(35)31-19-14-12-18(30)13-15-19/h4-15,27,32H,16-17H2,1-3H3,(H,31,35)/t27-/m1/s1. The Morgan fingerprint density at radius 2 is 1.72 bits per heavy atom. The predicted octanol–water partition coefficient (Wildman–Crippen LogP) is 6.68. The molecule has 2 N–H and O–H groups in total. The Morgan fingerprint density at radius 1 is 1.03 bits per heavy atom. The van der Waals surface area contributed by atoms with Crippen LogP contribution in [0.4, 0.5) is 26.2 Å². The number of rotatable bonds is 3. The molecule has 36 heavy (non-hydrogen) atoms. The number of carbonyl (C=O) groups excluding carboxylic acids is 2. The molecule has 5 rings (SSSR count). The number of ether oxygens (including phenoxy) is 1. The molecule has 6 nitrogen and oxygen atoms in total. The molecule has 3 aromatic carbocycles. The van der Waals surface area contributed by atoms with Gasteiger partial charge in [-0.2, -0.15) is 0 Å². The van der Waals surface area contributed by atoms with Gasteiger partial charge in [0.1, 0.15) is 11.6 Å². The van der Waals surface area contributed by atoms with Crippen molar-refractivity contribution in [3.05, 3.63) is 95.4 Å². The Kier molecular flexibility index (Phi) is 6.00. The molecule has 0 saturated heterocycles. The van der Waals surface area contributed by atoms with Gasteiger partial charge in [0.05, 0.1) is 24.5 Å². The summed E-state index contributed by atoms with van der Waals surface area (Å²) in [6.45, 7) is 4.15. The van der Waals surface area contributed by atoms with E-state index in [1.165, 1.54) is 24.3 Å². The number of hydrogen-bond donors (Lipinski definition) is 2. The molecule has 0 unspecified atom stereocenters. The maximum absolute atomic E-state index is 14.0. The van der Waals surface area contributed by atoms with Gasteiger partial charge >= 0.3 is 6.03 Å². The third-order valence-corrected chi connectivity index (χ3v) is 6.65. The fourth-order valence-electron chi connectivity index (χ4n) is 5.11. The molecule has 0 spiro atoms. The molecule has 2 aliphatic rings. The summed E-state index contributed by atoms with van der Waals surface area (Å²) in [5.74, 6) is 0.164. The second-order valence-corrected chi connectivity index (χ2v) is 9.93. The number of para-hydroxylation sites is 3. The molecule has 0 bridgehead atoms. The Balaban J connectivity index is 1.74. The SMILES string of the molecule is COc1ccccc1[C@@H]1C2=C(CC(C)(C)CC2=O)Nc2ccccc2N1C(=O)Nc1ccc(F)cc1. The molecule has 3 aromatic rings. The fourth-order valence-corrected chi connectivity index (χ4v) is 5.11. The first kappa shape index (κ1) is 23.6. The number of allylic oxidation sites excluding steroid dienone is 1. The van der Waals surface area contributed by atoms with Gasteiger partial charge in [0.2, 0.25) is 0 Å². The molecule has 1 aliphatic carbocycles. The Bertz CT molecular complexity index is 1360. The lowest BCUT2D eigenvalue weighted by atomic mass is 9.73. The van der Waals surface area contributed by atoms with Gasteiger partial charge in [0.15, 0.2) is 5.78 Å². The largest absolute Gasteiger partial charge is 0.496 e. The number of anilines is 3. The minimum atomic E-state index is -0.739. The van der Waals surface area contributed by atoms with Gasteiger partial charge in [-0.25, -0.2) is 9.18 Å². The number of benzene rings is 3. The quantitative estimate of drug-likeness (QED) is 0.434. The maximum Gasteiger partial charge on any atom is 0.327 e. The van der Waals surface area contributed by atoms with Crippen molar-refractivity contribution in [2.24, 2.45) is 5.41 Å². The zero-order valence-electron chi connectivity index (χ0n) is 20.5. The molecule has 184 valence electrons. The number of carbonyl (C=O) groups is 2. The minimum absolute atomic E-state index is 0.0166. The molecule has 1 atom stereocenters. The predicted molar refractivity (Wildman–Crippen MR) is 139 cm³/mol. The van der Waals surface area contributed by atoms with Crippen LogP contribution in [0.5, 0.6) is 5.75 Å². The molecule has 0 radical (unpaired) electrons. The summed E-state index contributed by atoms with van der Waals surface area (Å²) in [5, 5.41) is 6.38. The average Bonchev–Trinajstić information content (AvgIpc) is 2.99. The van der Waals surface area contributed by atoms with Gasteiger partial charge in [-0.15, -0.1) is 0 Å². The topological polar surface area (TPSA) is 70.7 Å². The van der Waals surface area contributed by atoms with Crippen LogP contribution in [0.3, 0.4) is 0 Å². The van der Waals surface area contributed by atoms with Gasteiger partial charge in [-0.1, -0.05) is 44.2 Å². The number of urea groups is 1. The number of ketones is 1. The molecule has 0 fully saturated rings. The molecular weight excluding hydrogens is 457 g/mol. The highest BCUT2D eigenvalue weighted by Crippen LogP contribution is 2.49. The lowest BCUT2D eigenvalue weighted by molar-refractivity contribution is -0.118. The first-order valence-electron chi connectivity index (χ1n) is 11.9. The third-order valence-electron chi connectivity index (χ3n) is 6.65. The van der Waals surface area contributed by atoms with Crippen LogP contribution in [-0.2, 0) is 4.79 Å². The van der Waals surface area contributed by atoms with Crippen molar-refractivity contribution >= 4 is 28.9 Å². The number of nitrogens with zero attached hydrogens (tertiary/aromatic N) is 1. The number of methoxy groups -OCH3 is 1. The molecule has 0 aromatic heterocycles. The highest BCUT2D eigenvalue weighted by molar-refractivity contribution is 6.09. The van der Waals surface area contributed by atoms with E-state index in [9.17, 15) is 14.0 Å². The van der Waals surface area contributed by atoms with Crippen molar-refractivity contribution in [2.75, 3.05) is 22.6 Å². The lowest BCUT2D eigenvalue weighted by Crippen LogP contribution is -2.41. The molecule has 0 saturated carbocycles. The molecule has 1 heterocycles. The highest BCUT2D eigenvalue weighted by atomic mass is 19.1. The number of Topliss-reactive ketones (excluding diaryl/α,β-unsaturated/α-hetero) is 1. The second-order valence-electron chi connectivity index (χ2n) is 9.93. The van der Waals surface area contributed by atoms with Crippen molar-refractivity contribution in [1.29, 1.82) is 0 Å². The van der Waals surface area contributed by atoms with Crippen LogP contribution >= 0.6 is 0 Å². The van der Waals surface area contributed by atoms with E-state index in [-0.39, 0.29) is 11.2 Å². The fraction of sp³-hybridized carbons (Fsp3) is 0.241. The zero-order valence-corrected chi connectivity index (χ0v) is 20.5. The molecule has 2 amide bonds. The number of halogens is 1. The van der Waals surface area contributed by atoms with Crippen LogP contribution in [0.15, 0.2) is 84.1 Å². The van der Waals surface area contributed by atoms with E-state index in [1.807, 2.05) is 48.5 Å². The Labute approximate surface area is 209 Å². The first-order valence-corrected chi connectivity index (χ1v) is 11.9. The van der Waals surface area contributed by atoms with E-state index < -0.39 is 17.9 Å². The monoisotopic (exact) mass is 485 g/mol. The maximum atomic E-state index is 14.0. The van der Waals surface area contributed by atoms with Gasteiger partial charge in [-0.05, 0) is 54.3 Å². The summed E-state index contributed by atoms with van der Waals surface area (Å²) in [5.41, 5.74) is 3.61. The van der Waals surface area contributed by atoms with Gasteiger partial charge in [0, 0.05) is 28.9 Å². The number of fused-ring (bicyclic) bond motifs is 1.